The highest BCUT2D eigenvalue weighted by molar-refractivity contribution is 6.42. The summed E-state index contributed by atoms with van der Waals surface area (Å²) in [7, 11) is 0. The standard InChI is InChI=1S/C28H32Cl2FN5O/c1-28(2,20-5-10-23(29)24(30)17-20)25-18-32-26(36(25)22-8-6-21(31)7-9-22)19-11-15-34(16-12-19)27(37)33-35-13-3-4-14-35/h5-10,17-19H,3-4,11-16H2,1-2H3,(H,33,37). The maximum Gasteiger partial charge on any atom is 0.331 e. The average molecular weight is 545 g/mol. The number of hydrazine groups is 1. The van der Waals surface area contributed by atoms with Gasteiger partial charge in [0.05, 0.1) is 15.7 Å². The number of aromatic nitrogens is 2. The third kappa shape index (κ3) is 5.35. The minimum atomic E-state index is -0.454. The number of halogens is 3. The summed E-state index contributed by atoms with van der Waals surface area (Å²) in [6.07, 6.45) is 5.76. The van der Waals surface area contributed by atoms with Crippen LogP contribution in [0.1, 0.15) is 62.5 Å². The van der Waals surface area contributed by atoms with E-state index in [4.69, 9.17) is 28.2 Å². The maximum atomic E-state index is 13.8. The Hall–Kier alpha value is -2.61. The van der Waals surface area contributed by atoms with Crippen molar-refractivity contribution in [2.45, 2.75) is 50.9 Å². The van der Waals surface area contributed by atoms with Crippen LogP contribution in [-0.4, -0.2) is 51.7 Å². The van der Waals surface area contributed by atoms with Crippen LogP contribution < -0.4 is 5.43 Å². The van der Waals surface area contributed by atoms with Gasteiger partial charge in [-0.05, 0) is 67.6 Å². The van der Waals surface area contributed by atoms with E-state index in [9.17, 15) is 9.18 Å². The number of nitrogens with zero attached hydrogens (tertiary/aromatic N) is 4. The molecule has 1 N–H and O–H groups in total. The molecule has 2 aliphatic heterocycles. The smallest absolute Gasteiger partial charge is 0.324 e. The number of rotatable bonds is 5. The Kier molecular flexibility index (Phi) is 7.48. The molecule has 2 amide bonds. The highest BCUT2D eigenvalue weighted by atomic mass is 35.5. The predicted molar refractivity (Wildman–Crippen MR) is 145 cm³/mol. The molecule has 0 radical (unpaired) electrons. The van der Waals surface area contributed by atoms with Crippen LogP contribution in [0.25, 0.3) is 5.69 Å². The molecule has 0 aliphatic carbocycles. The number of hydrogen-bond donors (Lipinski definition) is 1. The second-order valence-corrected chi connectivity index (χ2v) is 11.3. The minimum absolute atomic E-state index is 0.0244. The number of nitrogens with one attached hydrogen (secondary N) is 1. The number of piperidine rings is 1. The van der Waals surface area contributed by atoms with E-state index < -0.39 is 5.41 Å². The van der Waals surface area contributed by atoms with Crippen molar-refractivity contribution in [3.8, 4) is 5.69 Å². The van der Waals surface area contributed by atoms with E-state index in [-0.39, 0.29) is 17.8 Å². The molecule has 2 fully saturated rings. The fourth-order valence-electron chi connectivity index (χ4n) is 5.36. The molecule has 37 heavy (non-hydrogen) atoms. The van der Waals surface area contributed by atoms with Crippen LogP contribution in [0.4, 0.5) is 9.18 Å². The summed E-state index contributed by atoms with van der Waals surface area (Å²) < 4.78 is 16.0. The van der Waals surface area contributed by atoms with Crippen molar-refractivity contribution in [1.82, 2.24) is 24.9 Å². The van der Waals surface area contributed by atoms with Gasteiger partial charge in [-0.2, -0.15) is 0 Å². The Morgan fingerprint density at radius 3 is 2.32 bits per heavy atom. The van der Waals surface area contributed by atoms with Crippen LogP contribution in [0.15, 0.2) is 48.7 Å². The minimum Gasteiger partial charge on any atom is -0.324 e. The second kappa shape index (κ2) is 10.6. The van der Waals surface area contributed by atoms with Gasteiger partial charge in [0.2, 0.25) is 0 Å². The normalized spacial score (nSPS) is 17.4. The first-order valence-electron chi connectivity index (χ1n) is 12.8. The van der Waals surface area contributed by atoms with Gasteiger partial charge in [0.15, 0.2) is 0 Å². The fraction of sp³-hybridized carbons (Fsp3) is 0.429. The molecule has 6 nitrogen and oxygen atoms in total. The van der Waals surface area contributed by atoms with Crippen molar-refractivity contribution in [3.05, 3.63) is 81.6 Å². The van der Waals surface area contributed by atoms with E-state index >= 15 is 0 Å². The molecule has 3 heterocycles. The number of urea groups is 1. The Bertz CT molecular complexity index is 1260. The lowest BCUT2D eigenvalue weighted by Crippen LogP contribution is -2.50. The highest BCUT2D eigenvalue weighted by Crippen LogP contribution is 2.39. The SMILES string of the molecule is CC(C)(c1ccc(Cl)c(Cl)c1)c1cnc(C2CCN(C(=O)NN3CCCC3)CC2)n1-c1ccc(F)cc1. The molecular formula is C28H32Cl2FN5O. The summed E-state index contributed by atoms with van der Waals surface area (Å²) in [4.78, 5) is 19.6. The van der Waals surface area contributed by atoms with Gasteiger partial charge in [-0.3, -0.25) is 9.99 Å². The number of hydrogen-bond acceptors (Lipinski definition) is 3. The zero-order chi connectivity index (χ0) is 26.2. The number of benzene rings is 2. The Morgan fingerprint density at radius 2 is 1.68 bits per heavy atom. The first-order valence-corrected chi connectivity index (χ1v) is 13.6. The number of carbonyl (C=O) groups is 1. The van der Waals surface area contributed by atoms with Crippen molar-refractivity contribution < 1.29 is 9.18 Å². The highest BCUT2D eigenvalue weighted by Gasteiger charge is 2.33. The van der Waals surface area contributed by atoms with Crippen LogP contribution in [0.3, 0.4) is 0 Å². The van der Waals surface area contributed by atoms with E-state index in [1.54, 1.807) is 12.1 Å². The van der Waals surface area contributed by atoms with Gasteiger partial charge in [0.25, 0.3) is 0 Å². The molecule has 2 aliphatic rings. The van der Waals surface area contributed by atoms with Crippen LogP contribution >= 0.6 is 23.2 Å². The molecule has 2 aromatic carbocycles. The molecule has 0 atom stereocenters. The lowest BCUT2D eigenvalue weighted by atomic mass is 9.81. The van der Waals surface area contributed by atoms with Crippen molar-refractivity contribution in [3.63, 3.8) is 0 Å². The fourth-order valence-corrected chi connectivity index (χ4v) is 5.66. The van der Waals surface area contributed by atoms with E-state index in [2.05, 4.69) is 23.8 Å². The molecular weight excluding hydrogens is 512 g/mol. The van der Waals surface area contributed by atoms with Gasteiger partial charge in [-0.15, -0.1) is 0 Å². The van der Waals surface area contributed by atoms with Crippen LogP contribution in [0.2, 0.25) is 10.0 Å². The van der Waals surface area contributed by atoms with Gasteiger partial charge in [-0.1, -0.05) is 43.1 Å². The number of amides is 2. The van der Waals surface area contributed by atoms with Gasteiger partial charge in [0.1, 0.15) is 11.6 Å². The van der Waals surface area contributed by atoms with Crippen LogP contribution in [-0.2, 0) is 5.41 Å². The second-order valence-electron chi connectivity index (χ2n) is 10.4. The van der Waals surface area contributed by atoms with Crippen LogP contribution in [0.5, 0.6) is 0 Å². The third-order valence-electron chi connectivity index (χ3n) is 7.66. The van der Waals surface area contributed by atoms with E-state index in [0.29, 0.717) is 23.1 Å². The van der Waals surface area contributed by atoms with E-state index in [0.717, 1.165) is 61.5 Å². The van der Waals surface area contributed by atoms with Gasteiger partial charge in [0, 0.05) is 49.4 Å². The molecule has 9 heteroatoms. The Balaban J connectivity index is 1.43. The maximum absolute atomic E-state index is 13.8. The van der Waals surface area contributed by atoms with Gasteiger partial charge >= 0.3 is 6.03 Å². The monoisotopic (exact) mass is 543 g/mol. The number of imidazole rings is 1. The molecule has 3 aromatic rings. The zero-order valence-electron chi connectivity index (χ0n) is 21.2. The first-order chi connectivity index (χ1) is 17.7. The average Bonchev–Trinajstić information content (AvgIpc) is 3.57. The summed E-state index contributed by atoms with van der Waals surface area (Å²) >= 11 is 12.6. The van der Waals surface area contributed by atoms with Crippen molar-refractivity contribution in [2.24, 2.45) is 0 Å². The molecule has 196 valence electrons. The van der Waals surface area contributed by atoms with Crippen molar-refractivity contribution in [1.29, 1.82) is 0 Å². The van der Waals surface area contributed by atoms with Crippen molar-refractivity contribution >= 4 is 29.2 Å². The lowest BCUT2D eigenvalue weighted by molar-refractivity contribution is 0.147. The van der Waals surface area contributed by atoms with Gasteiger partial charge < -0.3 is 4.90 Å². The number of carbonyl (C=O) groups excluding carboxylic acids is 1. The summed E-state index contributed by atoms with van der Waals surface area (Å²) in [6, 6.07) is 12.2. The van der Waals surface area contributed by atoms with E-state index in [1.807, 2.05) is 34.3 Å². The zero-order valence-corrected chi connectivity index (χ0v) is 22.7. The molecule has 0 unspecified atom stereocenters. The van der Waals surface area contributed by atoms with Crippen molar-refractivity contribution in [2.75, 3.05) is 26.2 Å². The molecule has 5 rings (SSSR count). The topological polar surface area (TPSA) is 53.4 Å². The van der Waals surface area contributed by atoms with Gasteiger partial charge in [-0.25, -0.2) is 19.2 Å². The quantitative estimate of drug-likeness (QED) is 0.397. The summed E-state index contributed by atoms with van der Waals surface area (Å²) in [6.45, 7) is 7.39. The molecule has 1 aromatic heterocycles. The van der Waals surface area contributed by atoms with Crippen LogP contribution in [0, 0.1) is 5.82 Å². The number of likely N-dealkylation sites (tertiary alicyclic amines) is 1. The largest absolute Gasteiger partial charge is 0.331 e. The molecule has 0 spiro atoms. The van der Waals surface area contributed by atoms with E-state index in [1.165, 1.54) is 12.1 Å². The Morgan fingerprint density at radius 1 is 1.00 bits per heavy atom. The molecule has 0 bridgehead atoms. The predicted octanol–water partition coefficient (Wildman–Crippen LogP) is 6.54. The third-order valence-corrected chi connectivity index (χ3v) is 8.40. The first kappa shape index (κ1) is 26.0. The lowest BCUT2D eigenvalue weighted by Gasteiger charge is -2.34. The molecule has 0 saturated carbocycles. The summed E-state index contributed by atoms with van der Waals surface area (Å²) in [5, 5.41) is 3.02. The Labute approximate surface area is 227 Å². The summed E-state index contributed by atoms with van der Waals surface area (Å²) in [5.74, 6) is 0.807. The summed E-state index contributed by atoms with van der Waals surface area (Å²) in [5.41, 5.74) is 5.42. The molecule has 2 saturated heterocycles.